The van der Waals surface area contributed by atoms with Crippen molar-refractivity contribution in [3.8, 4) is 0 Å². The van der Waals surface area contributed by atoms with E-state index in [1.165, 1.54) is 0 Å². The molecule has 5 rings (SSSR count). The highest BCUT2D eigenvalue weighted by molar-refractivity contribution is 6.07. The third kappa shape index (κ3) is 3.54. The van der Waals surface area contributed by atoms with Crippen LogP contribution >= 0.6 is 0 Å². The van der Waals surface area contributed by atoms with Gasteiger partial charge in [0.25, 0.3) is 5.91 Å². The molecule has 0 aliphatic carbocycles. The van der Waals surface area contributed by atoms with Crippen LogP contribution in [0.25, 0.3) is 0 Å². The molecule has 0 saturated carbocycles. The van der Waals surface area contributed by atoms with Gasteiger partial charge in [-0.2, -0.15) is 0 Å². The van der Waals surface area contributed by atoms with Gasteiger partial charge in [-0.05, 0) is 45.4 Å². The standard InChI is InChI=1S/C23H28N6O2/c1-13-14(2)24-23(25-15(13)3)29-11-17-9-28(10-18(17)12-29)22(30)20-8-6-5-7-19(20)21-26-16(4)27-31-21/h5-8,16-18,27H,9-12H2,1-4H3. The van der Waals surface area contributed by atoms with Gasteiger partial charge in [-0.3, -0.25) is 4.79 Å². The van der Waals surface area contributed by atoms with Crippen LogP contribution in [0.5, 0.6) is 0 Å². The minimum atomic E-state index is -0.119. The Labute approximate surface area is 182 Å². The Balaban J connectivity index is 1.30. The molecule has 2 saturated heterocycles. The third-order valence-electron chi connectivity index (χ3n) is 6.70. The molecule has 162 valence electrons. The number of aryl methyl sites for hydroxylation is 2. The van der Waals surface area contributed by atoms with E-state index in [9.17, 15) is 4.79 Å². The second-order valence-corrected chi connectivity index (χ2v) is 8.83. The Morgan fingerprint density at radius 3 is 2.29 bits per heavy atom. The lowest BCUT2D eigenvalue weighted by molar-refractivity contribution is 0.0781. The number of hydrogen-bond donors (Lipinski definition) is 1. The van der Waals surface area contributed by atoms with Gasteiger partial charge in [-0.25, -0.2) is 15.0 Å². The van der Waals surface area contributed by atoms with Crippen molar-refractivity contribution in [3.05, 3.63) is 52.3 Å². The number of aromatic nitrogens is 2. The number of carbonyl (C=O) groups excluding carboxylic acids is 1. The van der Waals surface area contributed by atoms with Gasteiger partial charge in [0, 0.05) is 49.4 Å². The van der Waals surface area contributed by atoms with Crippen LogP contribution in [0.3, 0.4) is 0 Å². The Morgan fingerprint density at radius 2 is 1.68 bits per heavy atom. The molecule has 3 unspecified atom stereocenters. The number of nitrogens with one attached hydrogen (secondary N) is 1. The molecule has 2 aromatic rings. The molecule has 4 heterocycles. The Morgan fingerprint density at radius 1 is 1.03 bits per heavy atom. The number of fused-ring (bicyclic) bond motifs is 1. The van der Waals surface area contributed by atoms with Crippen molar-refractivity contribution in [1.29, 1.82) is 0 Å². The molecule has 1 N–H and O–H groups in total. The van der Waals surface area contributed by atoms with Gasteiger partial charge in [0.05, 0.1) is 11.1 Å². The molecule has 0 spiro atoms. The number of likely N-dealkylation sites (tertiary alicyclic amines) is 1. The lowest BCUT2D eigenvalue weighted by Crippen LogP contribution is -2.34. The summed E-state index contributed by atoms with van der Waals surface area (Å²) in [5.74, 6) is 2.20. The van der Waals surface area contributed by atoms with Crippen LogP contribution < -0.4 is 10.4 Å². The molecular formula is C23H28N6O2. The van der Waals surface area contributed by atoms with Crippen molar-refractivity contribution in [2.75, 3.05) is 31.1 Å². The lowest BCUT2D eigenvalue weighted by atomic mass is 10.0. The number of aliphatic imine (C=N–C) groups is 1. The average Bonchev–Trinajstić information content (AvgIpc) is 3.46. The Kier molecular flexibility index (Phi) is 4.89. The van der Waals surface area contributed by atoms with Crippen LogP contribution in [0, 0.1) is 32.6 Å². The quantitative estimate of drug-likeness (QED) is 0.820. The summed E-state index contributed by atoms with van der Waals surface area (Å²) in [6.45, 7) is 11.3. The van der Waals surface area contributed by atoms with E-state index >= 15 is 0 Å². The van der Waals surface area contributed by atoms with Crippen molar-refractivity contribution >= 4 is 17.8 Å². The van der Waals surface area contributed by atoms with Gasteiger partial charge >= 0.3 is 0 Å². The smallest absolute Gasteiger partial charge is 0.254 e. The topological polar surface area (TPSA) is 83.0 Å². The van der Waals surface area contributed by atoms with E-state index in [0.717, 1.165) is 54.6 Å². The molecule has 3 aliphatic rings. The third-order valence-corrected chi connectivity index (χ3v) is 6.70. The molecule has 8 nitrogen and oxygen atoms in total. The summed E-state index contributed by atoms with van der Waals surface area (Å²) in [6, 6.07) is 7.55. The van der Waals surface area contributed by atoms with Gasteiger partial charge in [0.1, 0.15) is 6.17 Å². The first-order valence-electron chi connectivity index (χ1n) is 10.9. The molecule has 3 atom stereocenters. The second-order valence-electron chi connectivity index (χ2n) is 8.83. The van der Waals surface area contributed by atoms with Gasteiger partial charge in [-0.15, -0.1) is 5.48 Å². The summed E-state index contributed by atoms with van der Waals surface area (Å²) in [5.41, 5.74) is 7.42. The summed E-state index contributed by atoms with van der Waals surface area (Å²) < 4.78 is 0. The van der Waals surface area contributed by atoms with Crippen LogP contribution in [0.1, 0.15) is 39.8 Å². The zero-order chi connectivity index (χ0) is 21.7. The summed E-state index contributed by atoms with van der Waals surface area (Å²) in [5, 5.41) is 0. The maximum absolute atomic E-state index is 13.4. The van der Waals surface area contributed by atoms with E-state index in [1.807, 2.05) is 49.9 Å². The van der Waals surface area contributed by atoms with E-state index < -0.39 is 0 Å². The Hall–Kier alpha value is -3.00. The highest BCUT2D eigenvalue weighted by atomic mass is 16.7. The van der Waals surface area contributed by atoms with Crippen LogP contribution in [0.2, 0.25) is 0 Å². The normalized spacial score (nSPS) is 24.9. The number of benzene rings is 1. The van der Waals surface area contributed by atoms with Crippen LogP contribution in [0.15, 0.2) is 29.3 Å². The maximum Gasteiger partial charge on any atom is 0.254 e. The van der Waals surface area contributed by atoms with Gasteiger partial charge in [0.2, 0.25) is 11.8 Å². The summed E-state index contributed by atoms with van der Waals surface area (Å²) in [6.07, 6.45) is -0.119. The van der Waals surface area contributed by atoms with Gasteiger partial charge in [-0.1, -0.05) is 12.1 Å². The van der Waals surface area contributed by atoms with E-state index in [0.29, 0.717) is 23.3 Å². The lowest BCUT2D eigenvalue weighted by Gasteiger charge is -2.23. The van der Waals surface area contributed by atoms with E-state index in [-0.39, 0.29) is 12.1 Å². The first-order chi connectivity index (χ1) is 14.9. The zero-order valence-corrected chi connectivity index (χ0v) is 18.4. The number of hydroxylamine groups is 1. The maximum atomic E-state index is 13.4. The fraction of sp³-hybridized carbons (Fsp3) is 0.478. The fourth-order valence-electron chi connectivity index (χ4n) is 4.74. The summed E-state index contributed by atoms with van der Waals surface area (Å²) in [7, 11) is 0. The van der Waals surface area contributed by atoms with Crippen molar-refractivity contribution in [2.24, 2.45) is 16.8 Å². The number of anilines is 1. The first-order valence-corrected chi connectivity index (χ1v) is 10.9. The largest absolute Gasteiger partial charge is 0.386 e. The van der Waals surface area contributed by atoms with Crippen molar-refractivity contribution < 1.29 is 9.63 Å². The minimum absolute atomic E-state index is 0.0423. The number of amides is 1. The Bertz CT molecular complexity index is 1030. The predicted molar refractivity (Wildman–Crippen MR) is 118 cm³/mol. The zero-order valence-electron chi connectivity index (χ0n) is 18.4. The van der Waals surface area contributed by atoms with Crippen LogP contribution in [-0.4, -0.2) is 59.0 Å². The number of hydrogen-bond acceptors (Lipinski definition) is 7. The van der Waals surface area contributed by atoms with Crippen molar-refractivity contribution in [1.82, 2.24) is 20.3 Å². The van der Waals surface area contributed by atoms with Gasteiger partial charge < -0.3 is 14.6 Å². The highest BCUT2D eigenvalue weighted by Gasteiger charge is 2.43. The molecule has 0 radical (unpaired) electrons. The summed E-state index contributed by atoms with van der Waals surface area (Å²) in [4.78, 5) is 37.0. The summed E-state index contributed by atoms with van der Waals surface area (Å²) >= 11 is 0. The number of nitrogens with zero attached hydrogens (tertiary/aromatic N) is 5. The van der Waals surface area contributed by atoms with E-state index in [2.05, 4.69) is 22.3 Å². The molecule has 1 aromatic carbocycles. The number of rotatable bonds is 3. The number of carbonyl (C=O) groups is 1. The fourth-order valence-corrected chi connectivity index (χ4v) is 4.74. The second kappa shape index (κ2) is 7.60. The van der Waals surface area contributed by atoms with Crippen molar-refractivity contribution in [2.45, 2.75) is 33.9 Å². The van der Waals surface area contributed by atoms with Gasteiger partial charge in [0.15, 0.2) is 0 Å². The van der Waals surface area contributed by atoms with Crippen molar-refractivity contribution in [3.63, 3.8) is 0 Å². The monoisotopic (exact) mass is 420 g/mol. The molecule has 1 aromatic heterocycles. The average molecular weight is 421 g/mol. The predicted octanol–water partition coefficient (Wildman–Crippen LogP) is 2.24. The molecule has 3 aliphatic heterocycles. The van der Waals surface area contributed by atoms with E-state index in [4.69, 9.17) is 14.8 Å². The molecular weight excluding hydrogens is 392 g/mol. The SMILES string of the molecule is Cc1nc(N2CC3CN(C(=O)c4ccccc4C4=NC(C)NO4)CC3C2)nc(C)c1C. The first kappa shape index (κ1) is 19.9. The molecule has 8 heteroatoms. The molecule has 1 amide bonds. The van der Waals surface area contributed by atoms with E-state index in [1.54, 1.807) is 0 Å². The molecule has 2 fully saturated rings. The molecule has 31 heavy (non-hydrogen) atoms. The van der Waals surface area contributed by atoms with Crippen LogP contribution in [-0.2, 0) is 4.84 Å². The minimum Gasteiger partial charge on any atom is -0.386 e. The van der Waals surface area contributed by atoms with Crippen LogP contribution in [0.4, 0.5) is 5.95 Å². The molecule has 0 bridgehead atoms. The highest BCUT2D eigenvalue weighted by Crippen LogP contribution is 2.34.